The third-order valence-electron chi connectivity index (χ3n) is 3.85. The predicted octanol–water partition coefficient (Wildman–Crippen LogP) is 5.76. The summed E-state index contributed by atoms with van der Waals surface area (Å²) < 4.78 is 5.42. The van der Waals surface area contributed by atoms with Crippen molar-refractivity contribution in [3.05, 3.63) is 42.0 Å². The number of hydrogen-bond acceptors (Lipinski definition) is 2. The van der Waals surface area contributed by atoms with E-state index < -0.39 is 5.60 Å². The van der Waals surface area contributed by atoms with Crippen LogP contribution < -0.4 is 0 Å². The normalized spacial score (nSPS) is 15.8. The average Bonchev–Trinajstić information content (AvgIpc) is 2.57. The maximum absolute atomic E-state index is 12.0. The van der Waals surface area contributed by atoms with Gasteiger partial charge in [-0.25, -0.2) is 4.79 Å². The molecule has 0 bridgehead atoms. The van der Waals surface area contributed by atoms with E-state index in [4.69, 9.17) is 4.74 Å². The molecule has 1 aromatic carbocycles. The van der Waals surface area contributed by atoms with Crippen LogP contribution in [0.25, 0.3) is 6.08 Å². The largest absolute Gasteiger partial charge is 0.444 e. The van der Waals surface area contributed by atoms with Gasteiger partial charge in [-0.15, -0.1) is 0 Å². The molecule has 0 unspecified atom stereocenters. The summed E-state index contributed by atoms with van der Waals surface area (Å²) in [6.45, 7) is 11.3. The van der Waals surface area contributed by atoms with Gasteiger partial charge in [0.1, 0.15) is 5.60 Å². The SMILES string of the molecule is CC.CC(C)(C)OC(=O)N1CCC(C/C=C/c2ccccc2)CC1. The number of rotatable bonds is 3. The van der Waals surface area contributed by atoms with Gasteiger partial charge in [-0.2, -0.15) is 0 Å². The van der Waals surface area contributed by atoms with Gasteiger partial charge in [0.2, 0.25) is 0 Å². The number of nitrogens with zero attached hydrogens (tertiary/aromatic N) is 1. The lowest BCUT2D eigenvalue weighted by atomic mass is 9.93. The fourth-order valence-electron chi connectivity index (χ4n) is 2.64. The summed E-state index contributed by atoms with van der Waals surface area (Å²) in [5.41, 5.74) is 0.834. The van der Waals surface area contributed by atoms with Crippen molar-refractivity contribution in [3.63, 3.8) is 0 Å². The standard InChI is InChI=1S/C19H27NO2.C2H6/c1-19(2,3)22-18(21)20-14-12-17(13-15-20)11-7-10-16-8-5-4-6-9-16;1-2/h4-10,17H,11-15H2,1-3H3;1-2H3/b10-7+;. The maximum Gasteiger partial charge on any atom is 0.410 e. The van der Waals surface area contributed by atoms with Gasteiger partial charge in [0.15, 0.2) is 0 Å². The van der Waals surface area contributed by atoms with Crippen molar-refractivity contribution in [2.45, 2.75) is 59.5 Å². The number of hydrogen-bond donors (Lipinski definition) is 0. The number of carbonyl (C=O) groups excluding carboxylic acids is 1. The number of amides is 1. The Morgan fingerprint density at radius 1 is 1.17 bits per heavy atom. The van der Waals surface area contributed by atoms with E-state index in [0.717, 1.165) is 32.4 Å². The van der Waals surface area contributed by atoms with Crippen LogP contribution in [0.4, 0.5) is 4.79 Å². The van der Waals surface area contributed by atoms with Crippen LogP contribution in [0.15, 0.2) is 36.4 Å². The number of benzene rings is 1. The predicted molar refractivity (Wildman–Crippen MR) is 102 cm³/mol. The fraction of sp³-hybridized carbons (Fsp3) is 0.571. The van der Waals surface area contributed by atoms with Crippen molar-refractivity contribution >= 4 is 12.2 Å². The van der Waals surface area contributed by atoms with Gasteiger partial charge in [-0.1, -0.05) is 56.3 Å². The number of allylic oxidation sites excluding steroid dienone is 1. The zero-order chi connectivity index (χ0) is 18.0. The summed E-state index contributed by atoms with van der Waals surface area (Å²) >= 11 is 0. The third-order valence-corrected chi connectivity index (χ3v) is 3.85. The summed E-state index contributed by atoms with van der Waals surface area (Å²) in [5.74, 6) is 0.665. The van der Waals surface area contributed by atoms with E-state index in [9.17, 15) is 4.79 Å². The molecule has 0 atom stereocenters. The van der Waals surface area contributed by atoms with Gasteiger partial charge >= 0.3 is 6.09 Å². The average molecular weight is 332 g/mol. The molecule has 0 radical (unpaired) electrons. The van der Waals surface area contributed by atoms with Crippen LogP contribution in [-0.2, 0) is 4.74 Å². The van der Waals surface area contributed by atoms with E-state index in [1.807, 2.05) is 45.6 Å². The fourth-order valence-corrected chi connectivity index (χ4v) is 2.64. The van der Waals surface area contributed by atoms with Crippen LogP contribution in [0.3, 0.4) is 0 Å². The topological polar surface area (TPSA) is 29.5 Å². The van der Waals surface area contributed by atoms with Gasteiger partial charge in [0.05, 0.1) is 0 Å². The first-order valence-corrected chi connectivity index (χ1v) is 9.13. The van der Waals surface area contributed by atoms with Crippen LogP contribution in [0.5, 0.6) is 0 Å². The Bertz CT molecular complexity index is 494. The molecule has 3 nitrogen and oxygen atoms in total. The number of carbonyl (C=O) groups is 1. The molecule has 0 spiro atoms. The van der Waals surface area contributed by atoms with E-state index in [-0.39, 0.29) is 6.09 Å². The monoisotopic (exact) mass is 331 g/mol. The molecule has 24 heavy (non-hydrogen) atoms. The minimum atomic E-state index is -0.410. The Morgan fingerprint density at radius 2 is 1.75 bits per heavy atom. The van der Waals surface area contributed by atoms with Crippen LogP contribution in [0.1, 0.15) is 59.4 Å². The summed E-state index contributed by atoms with van der Waals surface area (Å²) in [5, 5.41) is 0. The molecule has 3 heteroatoms. The first-order chi connectivity index (χ1) is 11.4. The van der Waals surface area contributed by atoms with E-state index in [2.05, 4.69) is 36.4 Å². The maximum atomic E-state index is 12.0. The Hall–Kier alpha value is -1.77. The zero-order valence-electron chi connectivity index (χ0n) is 15.9. The van der Waals surface area contributed by atoms with Crippen LogP contribution in [0.2, 0.25) is 0 Å². The van der Waals surface area contributed by atoms with Crippen LogP contribution >= 0.6 is 0 Å². The highest BCUT2D eigenvalue weighted by Gasteiger charge is 2.26. The van der Waals surface area contributed by atoms with Crippen molar-refractivity contribution in [2.75, 3.05) is 13.1 Å². The second kappa shape index (κ2) is 10.2. The number of likely N-dealkylation sites (tertiary alicyclic amines) is 1. The number of ether oxygens (including phenoxy) is 1. The quantitative estimate of drug-likeness (QED) is 0.704. The van der Waals surface area contributed by atoms with E-state index in [1.54, 1.807) is 0 Å². The molecule has 2 rings (SSSR count). The van der Waals surface area contributed by atoms with Crippen LogP contribution in [-0.4, -0.2) is 29.7 Å². The molecule has 1 heterocycles. The molecule has 1 saturated heterocycles. The minimum absolute atomic E-state index is 0.175. The van der Waals surface area contributed by atoms with Crippen molar-refractivity contribution in [2.24, 2.45) is 5.92 Å². The summed E-state index contributed by atoms with van der Waals surface area (Å²) in [6.07, 6.45) is 7.45. The van der Waals surface area contributed by atoms with E-state index in [1.165, 1.54) is 5.56 Å². The Morgan fingerprint density at radius 3 is 2.29 bits per heavy atom. The molecule has 1 fully saturated rings. The van der Waals surface area contributed by atoms with E-state index in [0.29, 0.717) is 5.92 Å². The highest BCUT2D eigenvalue weighted by Crippen LogP contribution is 2.23. The molecule has 0 saturated carbocycles. The first-order valence-electron chi connectivity index (χ1n) is 9.13. The lowest BCUT2D eigenvalue weighted by molar-refractivity contribution is 0.0185. The Balaban J connectivity index is 0.00000139. The highest BCUT2D eigenvalue weighted by atomic mass is 16.6. The van der Waals surface area contributed by atoms with Crippen molar-refractivity contribution in [1.29, 1.82) is 0 Å². The van der Waals surface area contributed by atoms with E-state index >= 15 is 0 Å². The first kappa shape index (κ1) is 20.3. The number of piperidine rings is 1. The lowest BCUT2D eigenvalue weighted by Gasteiger charge is -2.33. The van der Waals surface area contributed by atoms with Crippen molar-refractivity contribution in [1.82, 2.24) is 4.90 Å². The van der Waals surface area contributed by atoms with Crippen LogP contribution in [0, 0.1) is 5.92 Å². The van der Waals surface area contributed by atoms with Gasteiger partial charge in [-0.3, -0.25) is 0 Å². The second-order valence-corrected chi connectivity index (χ2v) is 6.96. The molecular formula is C21H33NO2. The van der Waals surface area contributed by atoms with Crippen molar-refractivity contribution in [3.8, 4) is 0 Å². The van der Waals surface area contributed by atoms with Gasteiger partial charge < -0.3 is 9.64 Å². The zero-order valence-corrected chi connectivity index (χ0v) is 15.9. The van der Waals surface area contributed by atoms with Gasteiger partial charge in [-0.05, 0) is 51.5 Å². The molecule has 1 aliphatic heterocycles. The third kappa shape index (κ3) is 7.67. The highest BCUT2D eigenvalue weighted by molar-refractivity contribution is 5.68. The van der Waals surface area contributed by atoms with Gasteiger partial charge in [0.25, 0.3) is 0 Å². The summed E-state index contributed by atoms with van der Waals surface area (Å²) in [7, 11) is 0. The Labute approximate surface area is 147 Å². The molecule has 0 aliphatic carbocycles. The minimum Gasteiger partial charge on any atom is -0.444 e. The lowest BCUT2D eigenvalue weighted by Crippen LogP contribution is -2.41. The Kier molecular flexibility index (Phi) is 8.59. The molecule has 0 N–H and O–H groups in total. The van der Waals surface area contributed by atoms with Crippen molar-refractivity contribution < 1.29 is 9.53 Å². The molecule has 134 valence electrons. The molecule has 0 aromatic heterocycles. The van der Waals surface area contributed by atoms with Gasteiger partial charge in [0, 0.05) is 13.1 Å². The molecule has 1 amide bonds. The molecule has 1 aliphatic rings. The second-order valence-electron chi connectivity index (χ2n) is 6.96. The summed E-state index contributed by atoms with van der Waals surface area (Å²) in [4.78, 5) is 13.8. The summed E-state index contributed by atoms with van der Waals surface area (Å²) in [6, 6.07) is 10.4. The molecular weight excluding hydrogens is 298 g/mol. The smallest absolute Gasteiger partial charge is 0.410 e. The molecule has 1 aromatic rings.